The van der Waals surface area contributed by atoms with Crippen molar-refractivity contribution in [3.63, 3.8) is 0 Å². The summed E-state index contributed by atoms with van der Waals surface area (Å²) in [6, 6.07) is 20.1. The largest absolute Gasteiger partial charge is 0.457 e. The van der Waals surface area contributed by atoms with Crippen molar-refractivity contribution in [2.75, 3.05) is 0 Å². The van der Waals surface area contributed by atoms with E-state index >= 15 is 0 Å². The molecule has 0 radical (unpaired) electrons. The van der Waals surface area contributed by atoms with E-state index in [1.54, 1.807) is 0 Å². The summed E-state index contributed by atoms with van der Waals surface area (Å²) in [7, 11) is 0. The predicted octanol–water partition coefficient (Wildman–Crippen LogP) is 4.56. The normalized spacial score (nSPS) is 21.3. The van der Waals surface area contributed by atoms with Crippen LogP contribution in [0, 0.1) is 0 Å². The Morgan fingerprint density at radius 1 is 1.05 bits per heavy atom. The second-order valence-corrected chi connectivity index (χ2v) is 6.38. The Balaban J connectivity index is 1.77. The molecule has 0 spiro atoms. The highest BCUT2D eigenvalue weighted by Crippen LogP contribution is 2.37. The fourth-order valence-corrected chi connectivity index (χ4v) is 3.25. The van der Waals surface area contributed by atoms with Gasteiger partial charge in [-0.3, -0.25) is 0 Å². The molecule has 1 heterocycles. The molecule has 2 aromatic rings. The number of hydrogen-bond acceptors (Lipinski definition) is 2. The van der Waals surface area contributed by atoms with Crippen LogP contribution in [0.25, 0.3) is 6.08 Å². The number of ether oxygens (including phenoxy) is 1. The molecule has 0 unspecified atom stereocenters. The van der Waals surface area contributed by atoms with Crippen LogP contribution in [0.1, 0.15) is 21.5 Å². The van der Waals surface area contributed by atoms with Crippen molar-refractivity contribution in [2.24, 2.45) is 0 Å². The number of carbonyl (C=O) groups excluding carboxylic acids is 1. The van der Waals surface area contributed by atoms with Gasteiger partial charge in [0.2, 0.25) is 0 Å². The van der Waals surface area contributed by atoms with Crippen LogP contribution < -0.4 is 0 Å². The Morgan fingerprint density at radius 3 is 2.33 bits per heavy atom. The van der Waals surface area contributed by atoms with E-state index in [0.717, 1.165) is 11.1 Å². The molecule has 1 aliphatic heterocycles. The van der Waals surface area contributed by atoms with Crippen LogP contribution in [-0.4, -0.2) is 12.1 Å². The van der Waals surface area contributed by atoms with E-state index in [9.17, 15) is 4.79 Å². The van der Waals surface area contributed by atoms with E-state index < -0.39 is 0 Å². The van der Waals surface area contributed by atoms with Gasteiger partial charge in [-0.15, -0.1) is 0 Å². The third kappa shape index (κ3) is 3.35. The monoisotopic (exact) mass is 390 g/mol. The van der Waals surface area contributed by atoms with Crippen LogP contribution >= 0.6 is 22.6 Å². The predicted molar refractivity (Wildman–Crippen MR) is 92.1 cm³/mol. The second-order valence-electron chi connectivity index (χ2n) is 5.04. The first-order chi connectivity index (χ1) is 10.2. The summed E-state index contributed by atoms with van der Waals surface area (Å²) >= 11 is 2.36. The van der Waals surface area contributed by atoms with E-state index in [2.05, 4.69) is 34.7 Å². The molecular weight excluding hydrogens is 375 g/mol. The van der Waals surface area contributed by atoms with Crippen molar-refractivity contribution in [3.05, 3.63) is 77.4 Å². The summed E-state index contributed by atoms with van der Waals surface area (Å²) < 4.78 is 5.72. The summed E-state index contributed by atoms with van der Waals surface area (Å²) in [6.45, 7) is 0. The maximum Gasteiger partial charge on any atom is 0.334 e. The molecular formula is C18H15IO2. The number of rotatable bonds is 3. The smallest absolute Gasteiger partial charge is 0.334 e. The first-order valence-corrected chi connectivity index (χ1v) is 8.14. The Labute approximate surface area is 138 Å². The summed E-state index contributed by atoms with van der Waals surface area (Å²) in [5.41, 5.74) is 2.98. The first-order valence-electron chi connectivity index (χ1n) is 6.89. The molecule has 2 atom stereocenters. The fraction of sp³-hybridized carbons (Fsp3) is 0.167. The Hall–Kier alpha value is -1.62. The van der Waals surface area contributed by atoms with Gasteiger partial charge >= 0.3 is 5.97 Å². The molecule has 0 aromatic heterocycles. The van der Waals surface area contributed by atoms with E-state index in [1.165, 1.54) is 5.56 Å². The molecule has 0 bridgehead atoms. The highest BCUT2D eigenvalue weighted by atomic mass is 127. The van der Waals surface area contributed by atoms with Gasteiger partial charge in [-0.25, -0.2) is 4.79 Å². The molecule has 2 aromatic carbocycles. The molecule has 21 heavy (non-hydrogen) atoms. The Bertz CT molecular complexity index is 649. The average molecular weight is 390 g/mol. The van der Waals surface area contributed by atoms with Crippen molar-refractivity contribution in [3.8, 4) is 0 Å². The Kier molecular flexibility index (Phi) is 4.39. The van der Waals surface area contributed by atoms with Crippen molar-refractivity contribution in [2.45, 2.75) is 16.4 Å². The van der Waals surface area contributed by atoms with Crippen molar-refractivity contribution in [1.29, 1.82) is 0 Å². The van der Waals surface area contributed by atoms with Crippen LogP contribution in [0.15, 0.2) is 66.2 Å². The lowest BCUT2D eigenvalue weighted by Crippen LogP contribution is -2.13. The molecule has 0 amide bonds. The number of hydrogen-bond donors (Lipinski definition) is 0. The standard InChI is InChI=1S/C18H15IO2/c19-17(14-9-5-2-6-10-14)16-12-15(18(20)21-16)11-13-7-3-1-4-8-13/h1-11,16-17H,12H2/b15-11-/t16-,17+/m0/s1. The number of alkyl halides is 1. The number of esters is 1. The summed E-state index contributed by atoms with van der Waals surface area (Å²) in [5, 5.41) is 0. The van der Waals surface area contributed by atoms with E-state index in [4.69, 9.17) is 4.74 Å². The zero-order valence-corrected chi connectivity index (χ0v) is 13.6. The van der Waals surface area contributed by atoms with Crippen LogP contribution in [-0.2, 0) is 9.53 Å². The molecule has 106 valence electrons. The summed E-state index contributed by atoms with van der Waals surface area (Å²) in [5.74, 6) is -0.193. The zero-order valence-electron chi connectivity index (χ0n) is 11.4. The molecule has 2 nitrogen and oxygen atoms in total. The SMILES string of the molecule is O=C1O[C@H]([C@H](I)c2ccccc2)C/C1=C/c1ccccc1. The molecule has 0 N–H and O–H groups in total. The maximum atomic E-state index is 12.0. The number of carbonyl (C=O) groups is 1. The van der Waals surface area contributed by atoms with Gasteiger partial charge in [0, 0.05) is 12.0 Å². The fourth-order valence-electron chi connectivity index (χ4n) is 2.44. The Morgan fingerprint density at radius 2 is 1.67 bits per heavy atom. The van der Waals surface area contributed by atoms with E-state index in [0.29, 0.717) is 6.42 Å². The van der Waals surface area contributed by atoms with Gasteiger partial charge in [-0.2, -0.15) is 0 Å². The van der Waals surface area contributed by atoms with Crippen molar-refractivity contribution < 1.29 is 9.53 Å². The second kappa shape index (κ2) is 6.43. The molecule has 3 heteroatoms. The third-order valence-electron chi connectivity index (χ3n) is 3.53. The van der Waals surface area contributed by atoms with Gasteiger partial charge in [-0.05, 0) is 17.2 Å². The molecule has 1 aliphatic rings. The molecule has 0 saturated carbocycles. The van der Waals surface area contributed by atoms with Crippen molar-refractivity contribution in [1.82, 2.24) is 0 Å². The van der Waals surface area contributed by atoms with Gasteiger partial charge in [0.15, 0.2) is 0 Å². The summed E-state index contributed by atoms with van der Waals surface area (Å²) in [6.07, 6.45) is 2.50. The van der Waals surface area contributed by atoms with Gasteiger partial charge in [-0.1, -0.05) is 83.3 Å². The van der Waals surface area contributed by atoms with Crippen LogP contribution in [0.5, 0.6) is 0 Å². The topological polar surface area (TPSA) is 26.3 Å². The number of benzene rings is 2. The molecule has 0 aliphatic carbocycles. The zero-order chi connectivity index (χ0) is 14.7. The number of cyclic esters (lactones) is 1. The number of halogens is 1. The quantitative estimate of drug-likeness (QED) is 0.332. The highest BCUT2D eigenvalue weighted by molar-refractivity contribution is 14.1. The highest BCUT2D eigenvalue weighted by Gasteiger charge is 2.34. The maximum absolute atomic E-state index is 12.0. The third-order valence-corrected chi connectivity index (χ3v) is 5.05. The lowest BCUT2D eigenvalue weighted by Gasteiger charge is -2.16. The molecule has 1 saturated heterocycles. The minimum absolute atomic E-state index is 0.0875. The van der Waals surface area contributed by atoms with Gasteiger partial charge < -0.3 is 4.74 Å². The van der Waals surface area contributed by atoms with Gasteiger partial charge in [0.25, 0.3) is 0 Å². The molecule has 1 fully saturated rings. The van der Waals surface area contributed by atoms with Crippen LogP contribution in [0.3, 0.4) is 0 Å². The van der Waals surface area contributed by atoms with Gasteiger partial charge in [0.05, 0.1) is 3.92 Å². The summed E-state index contributed by atoms with van der Waals surface area (Å²) in [4.78, 5) is 12.0. The minimum Gasteiger partial charge on any atom is -0.457 e. The van der Waals surface area contributed by atoms with E-state index in [1.807, 2.05) is 54.6 Å². The lowest BCUT2D eigenvalue weighted by molar-refractivity contribution is -0.138. The van der Waals surface area contributed by atoms with Crippen LogP contribution in [0.4, 0.5) is 0 Å². The van der Waals surface area contributed by atoms with Crippen LogP contribution in [0.2, 0.25) is 0 Å². The van der Waals surface area contributed by atoms with E-state index in [-0.39, 0.29) is 16.0 Å². The average Bonchev–Trinajstić information content (AvgIpc) is 2.89. The lowest BCUT2D eigenvalue weighted by atomic mass is 10.0. The minimum atomic E-state index is -0.193. The van der Waals surface area contributed by atoms with Crippen molar-refractivity contribution >= 4 is 34.6 Å². The first kappa shape index (κ1) is 14.3. The van der Waals surface area contributed by atoms with Gasteiger partial charge in [0.1, 0.15) is 6.10 Å². The molecule has 3 rings (SSSR count).